The number of ether oxygens (including phenoxy) is 2. The summed E-state index contributed by atoms with van der Waals surface area (Å²) in [6.07, 6.45) is 0.224. The fraction of sp³-hybridized carbons (Fsp3) is 0.200. The molecule has 4 rings (SSSR count). The van der Waals surface area contributed by atoms with Gasteiger partial charge in [0.2, 0.25) is 5.91 Å². The molecule has 0 aromatic heterocycles. The highest BCUT2D eigenvalue weighted by atomic mass is 16.5. The van der Waals surface area contributed by atoms with E-state index in [0.29, 0.717) is 29.4 Å². The fourth-order valence-corrected chi connectivity index (χ4v) is 3.72. The summed E-state index contributed by atoms with van der Waals surface area (Å²) in [5.41, 5.74) is 3.26. The van der Waals surface area contributed by atoms with Crippen molar-refractivity contribution in [2.75, 3.05) is 36.3 Å². The number of hydrogen-bond donors (Lipinski definition) is 3. The topological polar surface area (TPSA) is 91.9 Å². The van der Waals surface area contributed by atoms with Crippen molar-refractivity contribution in [1.29, 1.82) is 0 Å². The number of rotatable bonds is 7. The molecule has 8 heteroatoms. The minimum absolute atomic E-state index is 0.0659. The van der Waals surface area contributed by atoms with E-state index in [0.717, 1.165) is 11.4 Å². The SMILES string of the molecule is COc1ccc(N2C[C@@H](NC(=O)Nc3ccc(Nc4ccccc4)cc3)CC2=O)cc1OC. The van der Waals surface area contributed by atoms with Crippen molar-refractivity contribution in [3.63, 3.8) is 0 Å². The number of hydrogen-bond acceptors (Lipinski definition) is 5. The van der Waals surface area contributed by atoms with Crippen molar-refractivity contribution in [2.45, 2.75) is 12.5 Å². The molecule has 0 saturated carbocycles. The lowest BCUT2D eigenvalue weighted by molar-refractivity contribution is -0.117. The van der Waals surface area contributed by atoms with Crippen LogP contribution in [-0.4, -0.2) is 38.7 Å². The molecule has 0 radical (unpaired) electrons. The van der Waals surface area contributed by atoms with E-state index in [-0.39, 0.29) is 24.4 Å². The van der Waals surface area contributed by atoms with Gasteiger partial charge in [0.1, 0.15) is 0 Å². The summed E-state index contributed by atoms with van der Waals surface area (Å²) < 4.78 is 10.6. The van der Waals surface area contributed by atoms with E-state index < -0.39 is 0 Å². The molecule has 3 aromatic carbocycles. The zero-order valence-electron chi connectivity index (χ0n) is 18.5. The minimum Gasteiger partial charge on any atom is -0.493 e. The molecule has 1 atom stereocenters. The molecular weight excluding hydrogens is 420 g/mol. The smallest absolute Gasteiger partial charge is 0.319 e. The molecule has 0 bridgehead atoms. The molecule has 1 fully saturated rings. The van der Waals surface area contributed by atoms with Crippen LogP contribution >= 0.6 is 0 Å². The number of methoxy groups -OCH3 is 2. The monoisotopic (exact) mass is 446 g/mol. The third-order valence-corrected chi connectivity index (χ3v) is 5.34. The van der Waals surface area contributed by atoms with Crippen LogP contribution in [0, 0.1) is 0 Å². The lowest BCUT2D eigenvalue weighted by Crippen LogP contribution is -2.39. The van der Waals surface area contributed by atoms with Crippen LogP contribution in [0.25, 0.3) is 0 Å². The van der Waals surface area contributed by atoms with Gasteiger partial charge in [-0.1, -0.05) is 18.2 Å². The molecule has 170 valence electrons. The Morgan fingerprint density at radius 2 is 1.55 bits per heavy atom. The fourth-order valence-electron chi connectivity index (χ4n) is 3.72. The van der Waals surface area contributed by atoms with Gasteiger partial charge in [-0.05, 0) is 48.5 Å². The number of para-hydroxylation sites is 1. The van der Waals surface area contributed by atoms with Crippen LogP contribution in [0.3, 0.4) is 0 Å². The molecule has 3 N–H and O–H groups in total. The van der Waals surface area contributed by atoms with Gasteiger partial charge in [-0.15, -0.1) is 0 Å². The standard InChI is InChI=1S/C25H26N4O4/c1-32-22-13-12-21(15-23(22)33-2)29-16-20(14-24(29)30)28-25(31)27-19-10-8-18(9-11-19)26-17-6-4-3-5-7-17/h3-13,15,20,26H,14,16H2,1-2H3,(H2,27,28,31)/t20-/m0/s1. The van der Waals surface area contributed by atoms with Crippen molar-refractivity contribution in [3.05, 3.63) is 72.8 Å². The molecule has 1 aliphatic heterocycles. The summed E-state index contributed by atoms with van der Waals surface area (Å²) in [4.78, 5) is 26.7. The predicted octanol–water partition coefficient (Wildman–Crippen LogP) is 4.37. The van der Waals surface area contributed by atoms with Crippen LogP contribution in [0.5, 0.6) is 11.5 Å². The summed E-state index contributed by atoms with van der Waals surface area (Å²) in [6, 6.07) is 21.9. The minimum atomic E-state index is -0.356. The highest BCUT2D eigenvalue weighted by Gasteiger charge is 2.32. The number of urea groups is 1. The largest absolute Gasteiger partial charge is 0.493 e. The number of nitrogens with zero attached hydrogens (tertiary/aromatic N) is 1. The van der Waals surface area contributed by atoms with Crippen molar-refractivity contribution < 1.29 is 19.1 Å². The number of carbonyl (C=O) groups excluding carboxylic acids is 2. The number of benzene rings is 3. The van der Waals surface area contributed by atoms with E-state index in [1.165, 1.54) is 0 Å². The summed E-state index contributed by atoms with van der Waals surface area (Å²) in [6.45, 7) is 0.377. The lowest BCUT2D eigenvalue weighted by atomic mass is 10.2. The molecule has 3 amide bonds. The lowest BCUT2D eigenvalue weighted by Gasteiger charge is -2.19. The Balaban J connectivity index is 1.32. The van der Waals surface area contributed by atoms with Crippen LogP contribution in [-0.2, 0) is 4.79 Å². The van der Waals surface area contributed by atoms with Gasteiger partial charge >= 0.3 is 6.03 Å². The Labute approximate surface area is 192 Å². The molecule has 0 spiro atoms. The van der Waals surface area contributed by atoms with Gasteiger partial charge in [-0.2, -0.15) is 0 Å². The van der Waals surface area contributed by atoms with Gasteiger partial charge in [0.05, 0.1) is 20.3 Å². The third-order valence-electron chi connectivity index (χ3n) is 5.34. The maximum absolute atomic E-state index is 12.5. The first-order valence-corrected chi connectivity index (χ1v) is 10.6. The highest BCUT2D eigenvalue weighted by molar-refractivity contribution is 5.98. The summed E-state index contributed by atoms with van der Waals surface area (Å²) in [5.74, 6) is 1.07. The van der Waals surface area contributed by atoms with Gasteiger partial charge < -0.3 is 30.3 Å². The van der Waals surface area contributed by atoms with E-state index in [9.17, 15) is 9.59 Å². The molecule has 0 aliphatic carbocycles. The van der Waals surface area contributed by atoms with E-state index in [1.807, 2.05) is 54.6 Å². The van der Waals surface area contributed by atoms with Crippen LogP contribution in [0.1, 0.15) is 6.42 Å². The number of nitrogens with one attached hydrogen (secondary N) is 3. The summed E-state index contributed by atoms with van der Waals surface area (Å²) >= 11 is 0. The zero-order valence-corrected chi connectivity index (χ0v) is 18.5. The van der Waals surface area contributed by atoms with Crippen molar-refractivity contribution in [3.8, 4) is 11.5 Å². The average molecular weight is 447 g/mol. The second-order valence-corrected chi connectivity index (χ2v) is 7.61. The summed E-state index contributed by atoms with van der Waals surface area (Å²) in [5, 5.41) is 8.99. The number of carbonyl (C=O) groups is 2. The van der Waals surface area contributed by atoms with Gasteiger partial charge in [-0.3, -0.25) is 4.79 Å². The van der Waals surface area contributed by atoms with Gasteiger partial charge in [0, 0.05) is 41.8 Å². The first-order chi connectivity index (χ1) is 16.1. The Hall–Kier alpha value is -4.20. The molecule has 1 aliphatic rings. The number of anilines is 4. The van der Waals surface area contributed by atoms with Crippen molar-refractivity contribution in [1.82, 2.24) is 5.32 Å². The Morgan fingerprint density at radius 3 is 2.24 bits per heavy atom. The van der Waals surface area contributed by atoms with Crippen LogP contribution in [0.15, 0.2) is 72.8 Å². The van der Waals surface area contributed by atoms with Gasteiger partial charge in [-0.25, -0.2) is 4.79 Å². The van der Waals surface area contributed by atoms with E-state index in [1.54, 1.807) is 37.3 Å². The zero-order chi connectivity index (χ0) is 23.2. The average Bonchev–Trinajstić information content (AvgIpc) is 3.20. The predicted molar refractivity (Wildman–Crippen MR) is 129 cm³/mol. The Kier molecular flexibility index (Phi) is 6.64. The maximum atomic E-state index is 12.5. The summed E-state index contributed by atoms with van der Waals surface area (Å²) in [7, 11) is 3.11. The van der Waals surface area contributed by atoms with Crippen molar-refractivity contribution in [2.24, 2.45) is 0 Å². The maximum Gasteiger partial charge on any atom is 0.319 e. The van der Waals surface area contributed by atoms with Gasteiger partial charge in [0.15, 0.2) is 11.5 Å². The Bertz CT molecular complexity index is 1120. The van der Waals surface area contributed by atoms with Crippen LogP contribution < -0.4 is 30.3 Å². The second kappa shape index (κ2) is 9.95. The molecule has 8 nitrogen and oxygen atoms in total. The normalized spacial score (nSPS) is 15.2. The van der Waals surface area contributed by atoms with Crippen LogP contribution in [0.4, 0.5) is 27.5 Å². The number of amides is 3. The molecule has 33 heavy (non-hydrogen) atoms. The van der Waals surface area contributed by atoms with Crippen LogP contribution in [0.2, 0.25) is 0 Å². The van der Waals surface area contributed by atoms with E-state index >= 15 is 0 Å². The highest BCUT2D eigenvalue weighted by Crippen LogP contribution is 2.33. The second-order valence-electron chi connectivity index (χ2n) is 7.61. The molecule has 1 saturated heterocycles. The van der Waals surface area contributed by atoms with E-state index in [2.05, 4.69) is 16.0 Å². The van der Waals surface area contributed by atoms with E-state index in [4.69, 9.17) is 9.47 Å². The Morgan fingerprint density at radius 1 is 0.879 bits per heavy atom. The molecule has 3 aromatic rings. The molecule has 1 heterocycles. The quantitative estimate of drug-likeness (QED) is 0.501. The molecule has 0 unspecified atom stereocenters. The molecular formula is C25H26N4O4. The van der Waals surface area contributed by atoms with Gasteiger partial charge in [0.25, 0.3) is 0 Å². The van der Waals surface area contributed by atoms with Crippen molar-refractivity contribution >= 4 is 34.7 Å². The third kappa shape index (κ3) is 5.35. The first kappa shape index (κ1) is 22.0. The first-order valence-electron chi connectivity index (χ1n) is 10.6.